The molecule has 2 N–H and O–H groups in total. The van der Waals surface area contributed by atoms with Gasteiger partial charge >= 0.3 is 0 Å². The fraction of sp³-hybridized carbons (Fsp3) is 0.400. The molecule has 1 aliphatic rings. The number of fused-ring (bicyclic) bond motifs is 1. The molecule has 0 bridgehead atoms. The highest BCUT2D eigenvalue weighted by molar-refractivity contribution is 7.98. The van der Waals surface area contributed by atoms with E-state index in [2.05, 4.69) is 24.5 Å². The molecule has 1 aromatic carbocycles. The smallest absolute Gasteiger partial charge is 0.0120 e. The maximum Gasteiger partial charge on any atom is 0.0120 e. The van der Waals surface area contributed by atoms with Crippen LogP contribution in [0.4, 0.5) is 0 Å². The standard InChI is InChI=1S/C10H13NS/c1-12-10-3-2-7-4-9(11)5-8(7)6-10/h2-3,6,9H,4-5,11H2,1H3. The summed E-state index contributed by atoms with van der Waals surface area (Å²) >= 11 is 1.80. The van der Waals surface area contributed by atoms with Gasteiger partial charge in [-0.25, -0.2) is 0 Å². The van der Waals surface area contributed by atoms with Crippen molar-refractivity contribution in [3.8, 4) is 0 Å². The number of hydrogen-bond acceptors (Lipinski definition) is 2. The third kappa shape index (κ3) is 1.37. The highest BCUT2D eigenvalue weighted by Gasteiger charge is 2.17. The van der Waals surface area contributed by atoms with Gasteiger partial charge < -0.3 is 5.73 Å². The monoisotopic (exact) mass is 179 g/mol. The van der Waals surface area contributed by atoms with Crippen molar-refractivity contribution < 1.29 is 0 Å². The van der Waals surface area contributed by atoms with Gasteiger partial charge in [-0.2, -0.15) is 0 Å². The molecule has 0 amide bonds. The van der Waals surface area contributed by atoms with E-state index in [9.17, 15) is 0 Å². The summed E-state index contributed by atoms with van der Waals surface area (Å²) in [5.41, 5.74) is 8.77. The SMILES string of the molecule is CSc1ccc2c(c1)CC(N)C2. The molecule has 1 nitrogen and oxygen atoms in total. The Kier molecular flexibility index (Phi) is 2.11. The van der Waals surface area contributed by atoms with Crippen LogP contribution >= 0.6 is 11.8 Å². The minimum absolute atomic E-state index is 0.358. The maximum atomic E-state index is 5.87. The number of benzene rings is 1. The van der Waals surface area contributed by atoms with Crippen LogP contribution in [0.1, 0.15) is 11.1 Å². The van der Waals surface area contributed by atoms with Crippen LogP contribution in [-0.2, 0) is 12.8 Å². The maximum absolute atomic E-state index is 5.87. The highest BCUT2D eigenvalue weighted by atomic mass is 32.2. The predicted molar refractivity (Wildman–Crippen MR) is 53.6 cm³/mol. The molecule has 0 heterocycles. The van der Waals surface area contributed by atoms with E-state index in [0.29, 0.717) is 6.04 Å². The van der Waals surface area contributed by atoms with Crippen LogP contribution in [0, 0.1) is 0 Å². The molecule has 0 aliphatic heterocycles. The van der Waals surface area contributed by atoms with Gasteiger partial charge in [0.25, 0.3) is 0 Å². The van der Waals surface area contributed by atoms with Crippen LogP contribution in [-0.4, -0.2) is 12.3 Å². The van der Waals surface area contributed by atoms with Crippen LogP contribution < -0.4 is 5.73 Å². The van der Waals surface area contributed by atoms with Crippen LogP contribution in [0.3, 0.4) is 0 Å². The van der Waals surface area contributed by atoms with Crippen molar-refractivity contribution in [1.29, 1.82) is 0 Å². The molecule has 1 atom stereocenters. The third-order valence-electron chi connectivity index (χ3n) is 2.38. The topological polar surface area (TPSA) is 26.0 Å². The zero-order valence-corrected chi connectivity index (χ0v) is 8.03. The molecule has 2 rings (SSSR count). The first kappa shape index (κ1) is 8.14. The Bertz CT molecular complexity index is 296. The Morgan fingerprint density at radius 2 is 2.08 bits per heavy atom. The fourth-order valence-corrected chi connectivity index (χ4v) is 2.22. The molecule has 12 heavy (non-hydrogen) atoms. The van der Waals surface area contributed by atoms with Crippen molar-refractivity contribution in [2.24, 2.45) is 5.73 Å². The van der Waals surface area contributed by atoms with Crippen molar-refractivity contribution in [3.05, 3.63) is 29.3 Å². The van der Waals surface area contributed by atoms with Gasteiger partial charge in [0, 0.05) is 10.9 Å². The Morgan fingerprint density at radius 3 is 2.83 bits per heavy atom. The molecule has 0 aromatic heterocycles. The van der Waals surface area contributed by atoms with Gasteiger partial charge in [-0.3, -0.25) is 0 Å². The molecular weight excluding hydrogens is 166 g/mol. The lowest BCUT2D eigenvalue weighted by molar-refractivity contribution is 0.721. The molecule has 0 spiro atoms. The summed E-state index contributed by atoms with van der Waals surface area (Å²) in [4.78, 5) is 1.35. The molecule has 2 heteroatoms. The summed E-state index contributed by atoms with van der Waals surface area (Å²) in [6.45, 7) is 0. The molecular formula is C10H13NS. The Labute approximate surface area is 77.3 Å². The first-order chi connectivity index (χ1) is 5.79. The summed E-state index contributed by atoms with van der Waals surface area (Å²) in [7, 11) is 0. The summed E-state index contributed by atoms with van der Waals surface area (Å²) in [6.07, 6.45) is 4.23. The largest absolute Gasteiger partial charge is 0.327 e. The second kappa shape index (κ2) is 3.11. The number of thioether (sulfide) groups is 1. The van der Waals surface area contributed by atoms with Gasteiger partial charge in [-0.1, -0.05) is 6.07 Å². The summed E-state index contributed by atoms with van der Waals surface area (Å²) < 4.78 is 0. The lowest BCUT2D eigenvalue weighted by atomic mass is 10.1. The second-order valence-electron chi connectivity index (χ2n) is 3.30. The van der Waals surface area contributed by atoms with E-state index in [-0.39, 0.29) is 0 Å². The zero-order valence-electron chi connectivity index (χ0n) is 7.21. The Morgan fingerprint density at radius 1 is 1.33 bits per heavy atom. The van der Waals surface area contributed by atoms with Gasteiger partial charge in [0.2, 0.25) is 0 Å². The van der Waals surface area contributed by atoms with E-state index >= 15 is 0 Å². The molecule has 0 fully saturated rings. The van der Waals surface area contributed by atoms with Crippen LogP contribution in [0.15, 0.2) is 23.1 Å². The van der Waals surface area contributed by atoms with Crippen molar-refractivity contribution >= 4 is 11.8 Å². The highest BCUT2D eigenvalue weighted by Crippen LogP contribution is 2.25. The molecule has 0 saturated heterocycles. The molecule has 1 unspecified atom stereocenters. The normalized spacial score (nSPS) is 21.0. The fourth-order valence-electron chi connectivity index (χ4n) is 1.76. The molecule has 1 aromatic rings. The van der Waals surface area contributed by atoms with E-state index in [0.717, 1.165) is 12.8 Å². The molecule has 0 radical (unpaired) electrons. The number of hydrogen-bond donors (Lipinski definition) is 1. The summed E-state index contributed by atoms with van der Waals surface area (Å²) in [5.74, 6) is 0. The van der Waals surface area contributed by atoms with Crippen molar-refractivity contribution in [3.63, 3.8) is 0 Å². The van der Waals surface area contributed by atoms with Gasteiger partial charge in [-0.05, 0) is 42.4 Å². The Balaban J connectivity index is 2.35. The second-order valence-corrected chi connectivity index (χ2v) is 4.18. The van der Waals surface area contributed by atoms with Gasteiger partial charge in [0.15, 0.2) is 0 Å². The van der Waals surface area contributed by atoms with Gasteiger partial charge in [0.05, 0.1) is 0 Å². The lowest BCUT2D eigenvalue weighted by Gasteiger charge is -2.00. The quantitative estimate of drug-likeness (QED) is 0.666. The van der Waals surface area contributed by atoms with E-state index < -0.39 is 0 Å². The zero-order chi connectivity index (χ0) is 8.55. The average molecular weight is 179 g/mol. The lowest BCUT2D eigenvalue weighted by Crippen LogP contribution is -2.18. The van der Waals surface area contributed by atoms with Gasteiger partial charge in [0.1, 0.15) is 0 Å². The number of nitrogens with two attached hydrogens (primary N) is 1. The van der Waals surface area contributed by atoms with Crippen LogP contribution in [0.5, 0.6) is 0 Å². The minimum atomic E-state index is 0.358. The molecule has 64 valence electrons. The third-order valence-corrected chi connectivity index (χ3v) is 3.10. The first-order valence-corrected chi connectivity index (χ1v) is 5.43. The summed E-state index contributed by atoms with van der Waals surface area (Å²) in [6, 6.07) is 7.03. The summed E-state index contributed by atoms with van der Waals surface area (Å²) in [5, 5.41) is 0. The Hall–Kier alpha value is -0.470. The minimum Gasteiger partial charge on any atom is -0.327 e. The number of rotatable bonds is 1. The van der Waals surface area contributed by atoms with E-state index in [1.807, 2.05) is 0 Å². The van der Waals surface area contributed by atoms with E-state index in [1.165, 1.54) is 16.0 Å². The van der Waals surface area contributed by atoms with E-state index in [1.54, 1.807) is 11.8 Å². The average Bonchev–Trinajstić information content (AvgIpc) is 2.43. The van der Waals surface area contributed by atoms with E-state index in [4.69, 9.17) is 5.73 Å². The van der Waals surface area contributed by atoms with Crippen LogP contribution in [0.25, 0.3) is 0 Å². The molecule has 1 aliphatic carbocycles. The van der Waals surface area contributed by atoms with Gasteiger partial charge in [-0.15, -0.1) is 11.8 Å². The predicted octanol–water partition coefficient (Wildman–Crippen LogP) is 1.83. The van der Waals surface area contributed by atoms with Crippen molar-refractivity contribution in [2.75, 3.05) is 6.26 Å². The molecule has 0 saturated carbocycles. The van der Waals surface area contributed by atoms with Crippen molar-refractivity contribution in [2.45, 2.75) is 23.8 Å². The van der Waals surface area contributed by atoms with Crippen molar-refractivity contribution in [1.82, 2.24) is 0 Å². The van der Waals surface area contributed by atoms with Crippen LogP contribution in [0.2, 0.25) is 0 Å². The first-order valence-electron chi connectivity index (χ1n) is 4.21.